The van der Waals surface area contributed by atoms with E-state index in [0.717, 1.165) is 11.0 Å². The summed E-state index contributed by atoms with van der Waals surface area (Å²) < 4.78 is 17.6. The van der Waals surface area contributed by atoms with Crippen LogP contribution in [0.1, 0.15) is 33.3 Å². The Labute approximate surface area is 148 Å². The van der Waals surface area contributed by atoms with Crippen LogP contribution >= 0.6 is 12.6 Å². The van der Waals surface area contributed by atoms with Gasteiger partial charge in [-0.05, 0) is 50.9 Å². The third-order valence-corrected chi connectivity index (χ3v) is 5.09. The lowest BCUT2D eigenvalue weighted by Gasteiger charge is -2.32. The van der Waals surface area contributed by atoms with Gasteiger partial charge in [0.1, 0.15) is 5.75 Å². The molecule has 1 fully saturated rings. The molecule has 24 heavy (non-hydrogen) atoms. The fraction of sp³-hybridized carbons (Fsp3) is 0.471. The molecule has 0 saturated carbocycles. The third kappa shape index (κ3) is 3.20. The molecule has 0 spiro atoms. The smallest absolute Gasteiger partial charge is 0.482 e. The number of carbonyl (C=O) groups is 1. The van der Waals surface area contributed by atoms with Crippen LogP contribution < -0.4 is 10.1 Å². The lowest BCUT2D eigenvalue weighted by molar-refractivity contribution is -0.118. The lowest BCUT2D eigenvalue weighted by Crippen LogP contribution is -2.41. The minimum Gasteiger partial charge on any atom is -0.482 e. The number of hydrogen-bond acceptors (Lipinski definition) is 5. The van der Waals surface area contributed by atoms with Gasteiger partial charge in [0.15, 0.2) is 6.61 Å². The molecule has 2 aliphatic heterocycles. The van der Waals surface area contributed by atoms with Crippen LogP contribution in [0, 0.1) is 0 Å². The van der Waals surface area contributed by atoms with Crippen molar-refractivity contribution in [3.05, 3.63) is 29.2 Å². The van der Waals surface area contributed by atoms with Crippen molar-refractivity contribution in [3.63, 3.8) is 0 Å². The summed E-state index contributed by atoms with van der Waals surface area (Å²) in [6, 6.07) is 5.64. The van der Waals surface area contributed by atoms with Gasteiger partial charge in [-0.3, -0.25) is 4.79 Å². The normalized spacial score (nSPS) is 22.0. The molecule has 2 heterocycles. The van der Waals surface area contributed by atoms with E-state index in [1.54, 1.807) is 0 Å². The number of benzene rings is 1. The highest BCUT2D eigenvalue weighted by atomic mass is 32.1. The van der Waals surface area contributed by atoms with E-state index >= 15 is 0 Å². The van der Waals surface area contributed by atoms with E-state index in [1.165, 1.54) is 0 Å². The van der Waals surface area contributed by atoms with Crippen LogP contribution in [0.2, 0.25) is 0 Å². The van der Waals surface area contributed by atoms with Gasteiger partial charge in [-0.1, -0.05) is 12.1 Å². The molecule has 0 unspecified atom stereocenters. The predicted octanol–water partition coefficient (Wildman–Crippen LogP) is 2.96. The van der Waals surface area contributed by atoms with Gasteiger partial charge in [-0.25, -0.2) is 0 Å². The fourth-order valence-electron chi connectivity index (χ4n) is 2.58. The van der Waals surface area contributed by atoms with Gasteiger partial charge < -0.3 is 19.4 Å². The largest absolute Gasteiger partial charge is 0.491 e. The van der Waals surface area contributed by atoms with Crippen molar-refractivity contribution in [1.29, 1.82) is 0 Å². The first kappa shape index (κ1) is 17.4. The van der Waals surface area contributed by atoms with Crippen LogP contribution in [0.15, 0.2) is 23.7 Å². The molecule has 1 aromatic carbocycles. The molecule has 7 heteroatoms. The highest BCUT2D eigenvalue weighted by Gasteiger charge is 2.52. The molecule has 1 N–H and O–H groups in total. The van der Waals surface area contributed by atoms with E-state index in [2.05, 4.69) is 17.9 Å². The van der Waals surface area contributed by atoms with E-state index in [1.807, 2.05) is 52.0 Å². The second kappa shape index (κ2) is 6.13. The number of anilines is 1. The topological polar surface area (TPSA) is 56.8 Å². The van der Waals surface area contributed by atoms with E-state index in [9.17, 15) is 4.79 Å². The van der Waals surface area contributed by atoms with Gasteiger partial charge in [0, 0.05) is 5.75 Å². The molecule has 0 bridgehead atoms. The first-order valence-electron chi connectivity index (χ1n) is 7.95. The maximum Gasteiger partial charge on any atom is 0.491 e. The van der Waals surface area contributed by atoms with Gasteiger partial charge in [0.05, 0.1) is 16.9 Å². The number of ether oxygens (including phenoxy) is 1. The molecule has 0 aromatic heterocycles. The summed E-state index contributed by atoms with van der Waals surface area (Å²) in [5, 5.41) is 2.78. The zero-order valence-electron chi connectivity index (χ0n) is 14.4. The average Bonchev–Trinajstić information content (AvgIpc) is 2.73. The number of thiol groups is 1. The maximum atomic E-state index is 11.3. The molecular weight excluding hydrogens is 325 g/mol. The minimum atomic E-state index is -0.427. The fourth-order valence-corrected chi connectivity index (χ4v) is 2.82. The summed E-state index contributed by atoms with van der Waals surface area (Å²) in [4.78, 5) is 11.3. The van der Waals surface area contributed by atoms with Crippen LogP contribution in [0.4, 0.5) is 5.69 Å². The van der Waals surface area contributed by atoms with Crippen molar-refractivity contribution in [3.8, 4) is 5.75 Å². The summed E-state index contributed by atoms with van der Waals surface area (Å²) >= 11 is 4.43. The molecule has 0 radical (unpaired) electrons. The summed E-state index contributed by atoms with van der Waals surface area (Å²) in [6.45, 7) is 8.14. The lowest BCUT2D eigenvalue weighted by atomic mass is 9.78. The van der Waals surface area contributed by atoms with Gasteiger partial charge >= 0.3 is 7.12 Å². The molecule has 2 aliphatic rings. The van der Waals surface area contributed by atoms with Crippen molar-refractivity contribution in [2.24, 2.45) is 0 Å². The average molecular weight is 347 g/mol. The second-order valence-electron chi connectivity index (χ2n) is 7.06. The van der Waals surface area contributed by atoms with Crippen molar-refractivity contribution in [1.82, 2.24) is 0 Å². The Balaban J connectivity index is 1.85. The van der Waals surface area contributed by atoms with Crippen molar-refractivity contribution >= 4 is 37.4 Å². The molecule has 128 valence electrons. The monoisotopic (exact) mass is 347 g/mol. The van der Waals surface area contributed by atoms with E-state index in [4.69, 9.17) is 14.0 Å². The zero-order valence-corrected chi connectivity index (χ0v) is 15.3. The van der Waals surface area contributed by atoms with Gasteiger partial charge in [0.2, 0.25) is 0 Å². The quantitative estimate of drug-likeness (QED) is 0.652. The second-order valence-corrected chi connectivity index (χ2v) is 7.37. The number of rotatable bonds is 3. The molecule has 5 nitrogen and oxygen atoms in total. The SMILES string of the molecule is CC1(C)OB(C(=Cc2ccc3c(c2)OCC(=O)N3)CS)OC1(C)C. The highest BCUT2D eigenvalue weighted by Crippen LogP contribution is 2.39. The molecule has 1 saturated heterocycles. The summed E-state index contributed by atoms with van der Waals surface area (Å²) in [6.07, 6.45) is 2.00. The summed E-state index contributed by atoms with van der Waals surface area (Å²) in [5.41, 5.74) is 1.80. The van der Waals surface area contributed by atoms with Gasteiger partial charge in [-0.15, -0.1) is 0 Å². The standard InChI is InChI=1S/C17H22BNO4S/c1-16(2)17(3,4)23-18(22-16)12(10-24)7-11-5-6-13-14(8-11)21-9-15(20)19-13/h5-8,24H,9-10H2,1-4H3,(H,19,20). The first-order valence-corrected chi connectivity index (χ1v) is 8.59. The van der Waals surface area contributed by atoms with Crippen molar-refractivity contribution in [2.45, 2.75) is 38.9 Å². The third-order valence-electron chi connectivity index (χ3n) is 4.73. The molecule has 3 rings (SSSR count). The van der Waals surface area contributed by atoms with Crippen molar-refractivity contribution in [2.75, 3.05) is 17.7 Å². The molecule has 1 aromatic rings. The number of fused-ring (bicyclic) bond motifs is 1. The Kier molecular flexibility index (Phi) is 4.44. The predicted molar refractivity (Wildman–Crippen MR) is 98.5 cm³/mol. The maximum absolute atomic E-state index is 11.3. The van der Waals surface area contributed by atoms with E-state index in [0.29, 0.717) is 17.2 Å². The van der Waals surface area contributed by atoms with Crippen LogP contribution in [0.5, 0.6) is 5.75 Å². The molecule has 1 amide bonds. The van der Waals surface area contributed by atoms with Gasteiger partial charge in [-0.2, -0.15) is 12.6 Å². The number of nitrogens with one attached hydrogen (secondary N) is 1. The van der Waals surface area contributed by atoms with Crippen LogP contribution in [0.3, 0.4) is 0 Å². The Bertz CT molecular complexity index is 686. The Morgan fingerprint density at radius 2 is 1.96 bits per heavy atom. The highest BCUT2D eigenvalue weighted by molar-refractivity contribution is 7.80. The van der Waals surface area contributed by atoms with Crippen LogP contribution in [0.25, 0.3) is 6.08 Å². The Hall–Kier alpha value is -1.44. The molecule has 0 atom stereocenters. The number of hydrogen-bond donors (Lipinski definition) is 2. The molecule has 0 aliphatic carbocycles. The first-order chi connectivity index (χ1) is 11.2. The van der Waals surface area contributed by atoms with E-state index in [-0.39, 0.29) is 23.7 Å². The Morgan fingerprint density at radius 3 is 2.58 bits per heavy atom. The summed E-state index contributed by atoms with van der Waals surface area (Å²) in [7, 11) is -0.427. The minimum absolute atomic E-state index is 0.0385. The van der Waals surface area contributed by atoms with Crippen LogP contribution in [-0.4, -0.2) is 36.6 Å². The number of amides is 1. The zero-order chi connectivity index (χ0) is 17.5. The van der Waals surface area contributed by atoms with Crippen molar-refractivity contribution < 1.29 is 18.8 Å². The number of carbonyl (C=O) groups excluding carboxylic acids is 1. The van der Waals surface area contributed by atoms with Crippen LogP contribution in [-0.2, 0) is 14.1 Å². The summed E-state index contributed by atoms with van der Waals surface area (Å²) in [5.74, 6) is 1.04. The molecular formula is C17H22BNO4S. The Morgan fingerprint density at radius 1 is 1.29 bits per heavy atom. The van der Waals surface area contributed by atoms with E-state index < -0.39 is 7.12 Å². The van der Waals surface area contributed by atoms with Gasteiger partial charge in [0.25, 0.3) is 5.91 Å².